The van der Waals surface area contributed by atoms with Gasteiger partial charge in [0.2, 0.25) is 0 Å². The van der Waals surface area contributed by atoms with Crippen LogP contribution in [0.25, 0.3) is 0 Å². The topological polar surface area (TPSA) is 60.8 Å². The molecule has 5 heteroatoms. The molecule has 0 atom stereocenters. The van der Waals surface area contributed by atoms with Crippen LogP contribution in [0.1, 0.15) is 32.3 Å². The highest BCUT2D eigenvalue weighted by atomic mass is 19.1. The summed E-state index contributed by atoms with van der Waals surface area (Å²) >= 11 is 0. The van der Waals surface area contributed by atoms with E-state index in [1.54, 1.807) is 0 Å². The van der Waals surface area contributed by atoms with Gasteiger partial charge in [-0.3, -0.25) is 9.69 Å². The van der Waals surface area contributed by atoms with E-state index < -0.39 is 11.8 Å². The zero-order chi connectivity index (χ0) is 14.4. The number of benzene rings is 1. The molecule has 0 saturated heterocycles. The van der Waals surface area contributed by atoms with Gasteiger partial charge in [-0.1, -0.05) is 0 Å². The SMILES string of the molecule is CC(C)N(CCCC(=O)O)Cc1cc(O)cc(F)c1. The fourth-order valence-corrected chi connectivity index (χ4v) is 1.91. The lowest BCUT2D eigenvalue weighted by Crippen LogP contribution is -2.31. The number of carbonyl (C=O) groups is 1. The van der Waals surface area contributed by atoms with Crippen LogP contribution in [-0.2, 0) is 11.3 Å². The van der Waals surface area contributed by atoms with Crippen molar-refractivity contribution in [1.82, 2.24) is 4.90 Å². The normalized spacial score (nSPS) is 11.2. The first-order valence-electron chi connectivity index (χ1n) is 6.32. The molecule has 0 amide bonds. The minimum Gasteiger partial charge on any atom is -0.508 e. The number of halogens is 1. The number of aliphatic carboxylic acids is 1. The second kappa shape index (κ2) is 7.09. The van der Waals surface area contributed by atoms with E-state index >= 15 is 0 Å². The van der Waals surface area contributed by atoms with Gasteiger partial charge in [0.15, 0.2) is 0 Å². The van der Waals surface area contributed by atoms with Crippen molar-refractivity contribution < 1.29 is 19.4 Å². The molecule has 0 aromatic heterocycles. The standard InChI is InChI=1S/C14H20FNO3/c1-10(2)16(5-3-4-14(18)19)9-11-6-12(15)8-13(17)7-11/h6-8,10,17H,3-5,9H2,1-2H3,(H,18,19). The first-order chi connectivity index (χ1) is 8.88. The third-order valence-corrected chi connectivity index (χ3v) is 2.89. The van der Waals surface area contributed by atoms with Gasteiger partial charge in [0.05, 0.1) is 0 Å². The Morgan fingerprint density at radius 3 is 2.58 bits per heavy atom. The van der Waals surface area contributed by atoms with Crippen molar-refractivity contribution in [2.45, 2.75) is 39.3 Å². The number of phenolic OH excluding ortho intramolecular Hbond substituents is 1. The second-order valence-corrected chi connectivity index (χ2v) is 4.88. The fraction of sp³-hybridized carbons (Fsp3) is 0.500. The lowest BCUT2D eigenvalue weighted by atomic mass is 10.1. The molecule has 4 nitrogen and oxygen atoms in total. The Morgan fingerprint density at radius 2 is 2.05 bits per heavy atom. The lowest BCUT2D eigenvalue weighted by molar-refractivity contribution is -0.137. The Labute approximate surface area is 112 Å². The van der Waals surface area contributed by atoms with Crippen LogP contribution in [0.2, 0.25) is 0 Å². The van der Waals surface area contributed by atoms with E-state index in [1.807, 2.05) is 13.8 Å². The first kappa shape index (κ1) is 15.4. The lowest BCUT2D eigenvalue weighted by Gasteiger charge is -2.26. The van der Waals surface area contributed by atoms with Gasteiger partial charge < -0.3 is 10.2 Å². The van der Waals surface area contributed by atoms with Crippen LogP contribution in [0.5, 0.6) is 5.75 Å². The van der Waals surface area contributed by atoms with Gasteiger partial charge in [-0.15, -0.1) is 0 Å². The first-order valence-corrected chi connectivity index (χ1v) is 6.32. The smallest absolute Gasteiger partial charge is 0.303 e. The predicted octanol–water partition coefficient (Wildman–Crippen LogP) is 2.61. The van der Waals surface area contributed by atoms with Crippen molar-refractivity contribution in [3.8, 4) is 5.75 Å². The Kier molecular flexibility index (Phi) is 5.76. The molecular weight excluding hydrogens is 249 g/mol. The quantitative estimate of drug-likeness (QED) is 0.798. The summed E-state index contributed by atoms with van der Waals surface area (Å²) in [6.07, 6.45) is 0.673. The molecule has 1 aromatic rings. The largest absolute Gasteiger partial charge is 0.508 e. The number of phenols is 1. The van der Waals surface area contributed by atoms with E-state index in [9.17, 15) is 14.3 Å². The molecule has 19 heavy (non-hydrogen) atoms. The summed E-state index contributed by atoms with van der Waals surface area (Å²) < 4.78 is 13.2. The number of rotatable bonds is 7. The Bertz CT molecular complexity index is 414. The van der Waals surface area contributed by atoms with Crippen molar-refractivity contribution >= 4 is 5.97 Å². The predicted molar refractivity (Wildman–Crippen MR) is 70.5 cm³/mol. The van der Waals surface area contributed by atoms with Crippen LogP contribution in [0.3, 0.4) is 0 Å². The van der Waals surface area contributed by atoms with E-state index in [-0.39, 0.29) is 18.2 Å². The molecule has 1 aromatic carbocycles. The molecule has 0 aliphatic rings. The maximum atomic E-state index is 13.2. The summed E-state index contributed by atoms with van der Waals surface area (Å²) in [4.78, 5) is 12.5. The molecule has 0 spiro atoms. The van der Waals surface area contributed by atoms with Crippen LogP contribution >= 0.6 is 0 Å². The Morgan fingerprint density at radius 1 is 1.37 bits per heavy atom. The number of hydrogen-bond acceptors (Lipinski definition) is 3. The van der Waals surface area contributed by atoms with Crippen molar-refractivity contribution in [3.63, 3.8) is 0 Å². The summed E-state index contributed by atoms with van der Waals surface area (Å²) in [5, 5.41) is 18.0. The minimum absolute atomic E-state index is 0.0933. The van der Waals surface area contributed by atoms with E-state index in [1.165, 1.54) is 12.1 Å². The molecule has 0 fully saturated rings. The summed E-state index contributed by atoms with van der Waals surface area (Å²) in [5.74, 6) is -1.37. The molecular formula is C14H20FNO3. The third kappa shape index (κ3) is 5.70. The molecule has 0 saturated carbocycles. The molecule has 0 heterocycles. The molecule has 0 radical (unpaired) electrons. The molecule has 1 rings (SSSR count). The van der Waals surface area contributed by atoms with Crippen LogP contribution < -0.4 is 0 Å². The van der Waals surface area contributed by atoms with Gasteiger partial charge in [0.1, 0.15) is 11.6 Å². The number of aromatic hydroxyl groups is 1. The number of hydrogen-bond donors (Lipinski definition) is 2. The van der Waals surface area contributed by atoms with Crippen LogP contribution in [0.15, 0.2) is 18.2 Å². The highest BCUT2D eigenvalue weighted by Crippen LogP contribution is 2.17. The van der Waals surface area contributed by atoms with E-state index in [2.05, 4.69) is 4.90 Å². The molecule has 106 valence electrons. The summed E-state index contributed by atoms with van der Waals surface area (Å²) in [5.41, 5.74) is 0.682. The van der Waals surface area contributed by atoms with Gasteiger partial charge >= 0.3 is 5.97 Å². The van der Waals surface area contributed by atoms with Crippen molar-refractivity contribution in [2.75, 3.05) is 6.54 Å². The van der Waals surface area contributed by atoms with Crippen LogP contribution in [-0.4, -0.2) is 33.7 Å². The molecule has 0 aliphatic carbocycles. The average molecular weight is 269 g/mol. The Hall–Kier alpha value is -1.62. The van der Waals surface area contributed by atoms with E-state index in [4.69, 9.17) is 5.11 Å². The van der Waals surface area contributed by atoms with Gasteiger partial charge in [-0.05, 0) is 44.5 Å². The number of nitrogens with zero attached hydrogens (tertiary/aromatic N) is 1. The van der Waals surface area contributed by atoms with Crippen molar-refractivity contribution in [3.05, 3.63) is 29.6 Å². The van der Waals surface area contributed by atoms with Crippen molar-refractivity contribution in [2.24, 2.45) is 0 Å². The third-order valence-electron chi connectivity index (χ3n) is 2.89. The number of carboxylic acid groups (broad SMARTS) is 1. The van der Waals surface area contributed by atoms with E-state index in [0.717, 1.165) is 6.07 Å². The van der Waals surface area contributed by atoms with E-state index in [0.29, 0.717) is 25.1 Å². The zero-order valence-corrected chi connectivity index (χ0v) is 11.3. The summed E-state index contributed by atoms with van der Waals surface area (Å²) in [7, 11) is 0. The monoisotopic (exact) mass is 269 g/mol. The van der Waals surface area contributed by atoms with Crippen LogP contribution in [0, 0.1) is 5.82 Å². The van der Waals surface area contributed by atoms with Gasteiger partial charge in [-0.25, -0.2) is 4.39 Å². The minimum atomic E-state index is -0.813. The molecule has 0 bridgehead atoms. The maximum Gasteiger partial charge on any atom is 0.303 e. The summed E-state index contributed by atoms with van der Waals surface area (Å²) in [6, 6.07) is 4.19. The molecule has 0 unspecified atom stereocenters. The molecule has 2 N–H and O–H groups in total. The van der Waals surface area contributed by atoms with Gasteiger partial charge in [0.25, 0.3) is 0 Å². The number of carboxylic acids is 1. The highest BCUT2D eigenvalue weighted by molar-refractivity contribution is 5.66. The maximum absolute atomic E-state index is 13.2. The molecule has 0 aliphatic heterocycles. The highest BCUT2D eigenvalue weighted by Gasteiger charge is 2.12. The van der Waals surface area contributed by atoms with Crippen molar-refractivity contribution in [1.29, 1.82) is 0 Å². The van der Waals surface area contributed by atoms with Gasteiger partial charge in [-0.2, -0.15) is 0 Å². The summed E-state index contributed by atoms with van der Waals surface area (Å²) in [6.45, 7) is 5.11. The Balaban J connectivity index is 2.64. The average Bonchev–Trinajstić information content (AvgIpc) is 2.25. The van der Waals surface area contributed by atoms with Gasteiger partial charge in [0, 0.05) is 25.1 Å². The van der Waals surface area contributed by atoms with Crippen LogP contribution in [0.4, 0.5) is 4.39 Å². The second-order valence-electron chi connectivity index (χ2n) is 4.88. The fourth-order valence-electron chi connectivity index (χ4n) is 1.91. The zero-order valence-electron chi connectivity index (χ0n) is 11.3.